The van der Waals surface area contributed by atoms with Gasteiger partial charge < -0.3 is 15.5 Å². The fraction of sp³-hybridized carbons (Fsp3) is 0.714. The highest BCUT2D eigenvalue weighted by Crippen LogP contribution is 2.23. The van der Waals surface area contributed by atoms with Crippen molar-refractivity contribution in [2.75, 3.05) is 19.6 Å². The SMILES string of the molecule is C#C[C@H]1CC[C@@H](C#N)N1C(=O)CNC1CCNCC1. The zero-order valence-electron chi connectivity index (χ0n) is 11.1. The van der Waals surface area contributed by atoms with Gasteiger partial charge in [-0.1, -0.05) is 5.92 Å². The summed E-state index contributed by atoms with van der Waals surface area (Å²) in [5.74, 6) is 2.56. The van der Waals surface area contributed by atoms with Gasteiger partial charge in [0.25, 0.3) is 0 Å². The molecule has 0 aromatic heterocycles. The molecule has 0 aliphatic carbocycles. The van der Waals surface area contributed by atoms with Gasteiger partial charge in [0.1, 0.15) is 6.04 Å². The lowest BCUT2D eigenvalue weighted by Crippen LogP contribution is -2.48. The number of carbonyl (C=O) groups is 1. The number of hydrogen-bond donors (Lipinski definition) is 2. The van der Waals surface area contributed by atoms with E-state index in [0.29, 0.717) is 12.5 Å². The average Bonchev–Trinajstić information content (AvgIpc) is 2.89. The Hall–Kier alpha value is -1.56. The van der Waals surface area contributed by atoms with Crippen LogP contribution < -0.4 is 10.6 Å². The number of hydrogen-bond acceptors (Lipinski definition) is 4. The standard InChI is InChI=1S/C14H20N4O/c1-2-12-3-4-13(9-15)18(12)14(19)10-17-11-5-7-16-8-6-11/h1,11-13,16-17H,3-8,10H2/t12-,13-/m0/s1. The summed E-state index contributed by atoms with van der Waals surface area (Å²) < 4.78 is 0. The van der Waals surface area contributed by atoms with Gasteiger partial charge in [0.2, 0.25) is 5.91 Å². The molecule has 2 rings (SSSR count). The summed E-state index contributed by atoms with van der Waals surface area (Å²) in [5.41, 5.74) is 0. The number of nitrogens with one attached hydrogen (secondary N) is 2. The molecule has 5 nitrogen and oxygen atoms in total. The fourth-order valence-corrected chi connectivity index (χ4v) is 2.80. The van der Waals surface area contributed by atoms with E-state index in [1.807, 2.05) is 0 Å². The molecule has 0 aromatic carbocycles. The van der Waals surface area contributed by atoms with Crippen LogP contribution >= 0.6 is 0 Å². The molecule has 0 saturated carbocycles. The Bertz CT molecular complexity index is 381. The van der Waals surface area contributed by atoms with E-state index in [0.717, 1.165) is 32.4 Å². The molecule has 0 aromatic rings. The van der Waals surface area contributed by atoms with E-state index in [9.17, 15) is 4.79 Å². The van der Waals surface area contributed by atoms with Crippen LogP contribution in [0.15, 0.2) is 0 Å². The lowest BCUT2D eigenvalue weighted by atomic mass is 10.1. The summed E-state index contributed by atoms with van der Waals surface area (Å²) >= 11 is 0. The van der Waals surface area contributed by atoms with Gasteiger partial charge in [-0.2, -0.15) is 5.26 Å². The van der Waals surface area contributed by atoms with Crippen LogP contribution in [0.4, 0.5) is 0 Å². The summed E-state index contributed by atoms with van der Waals surface area (Å²) in [6, 6.07) is 1.98. The van der Waals surface area contributed by atoms with Crippen LogP contribution in [0, 0.1) is 23.7 Å². The minimum atomic E-state index is -0.358. The maximum absolute atomic E-state index is 12.2. The monoisotopic (exact) mass is 260 g/mol. The molecular formula is C14H20N4O. The molecule has 2 heterocycles. The molecule has 1 amide bonds. The Morgan fingerprint density at radius 3 is 2.63 bits per heavy atom. The topological polar surface area (TPSA) is 68.2 Å². The number of amides is 1. The van der Waals surface area contributed by atoms with Crippen molar-refractivity contribution in [3.63, 3.8) is 0 Å². The van der Waals surface area contributed by atoms with Crippen LogP contribution in [-0.4, -0.2) is 48.6 Å². The fourth-order valence-electron chi connectivity index (χ4n) is 2.80. The molecule has 2 fully saturated rings. The van der Waals surface area contributed by atoms with Crippen LogP contribution in [0.3, 0.4) is 0 Å². The maximum atomic E-state index is 12.2. The molecule has 2 aliphatic heterocycles. The summed E-state index contributed by atoms with van der Waals surface area (Å²) in [5, 5.41) is 15.6. The van der Waals surface area contributed by atoms with Crippen LogP contribution in [0.5, 0.6) is 0 Å². The Morgan fingerprint density at radius 1 is 1.32 bits per heavy atom. The van der Waals surface area contributed by atoms with Crippen LogP contribution in [0.25, 0.3) is 0 Å². The largest absolute Gasteiger partial charge is 0.317 e. The van der Waals surface area contributed by atoms with E-state index >= 15 is 0 Å². The quantitative estimate of drug-likeness (QED) is 0.692. The smallest absolute Gasteiger partial charge is 0.238 e. The summed E-state index contributed by atoms with van der Waals surface area (Å²) in [6.07, 6.45) is 8.92. The first kappa shape index (κ1) is 13.9. The van der Waals surface area contributed by atoms with E-state index in [4.69, 9.17) is 11.7 Å². The highest BCUT2D eigenvalue weighted by Gasteiger charge is 2.35. The first-order valence-corrected chi connectivity index (χ1v) is 6.87. The van der Waals surface area contributed by atoms with Crippen molar-refractivity contribution in [2.45, 2.75) is 43.8 Å². The third-order valence-electron chi connectivity index (χ3n) is 3.90. The Balaban J connectivity index is 1.87. The van der Waals surface area contributed by atoms with Gasteiger partial charge in [0.15, 0.2) is 0 Å². The predicted octanol–water partition coefficient (Wildman–Crippen LogP) is -0.156. The summed E-state index contributed by atoms with van der Waals surface area (Å²) in [4.78, 5) is 13.8. The molecule has 0 unspecified atom stereocenters. The van der Waals surface area contributed by atoms with E-state index in [1.165, 1.54) is 0 Å². The van der Waals surface area contributed by atoms with E-state index in [-0.39, 0.29) is 24.5 Å². The van der Waals surface area contributed by atoms with Crippen molar-refractivity contribution in [1.29, 1.82) is 5.26 Å². The van der Waals surface area contributed by atoms with Gasteiger partial charge in [-0.3, -0.25) is 4.79 Å². The van der Waals surface area contributed by atoms with Gasteiger partial charge >= 0.3 is 0 Å². The van der Waals surface area contributed by atoms with Crippen molar-refractivity contribution in [1.82, 2.24) is 15.5 Å². The van der Waals surface area contributed by atoms with Crippen molar-refractivity contribution < 1.29 is 4.79 Å². The molecule has 0 spiro atoms. The molecular weight excluding hydrogens is 240 g/mol. The van der Waals surface area contributed by atoms with E-state index in [1.54, 1.807) is 4.90 Å². The minimum Gasteiger partial charge on any atom is -0.317 e. The molecule has 102 valence electrons. The van der Waals surface area contributed by atoms with Gasteiger partial charge in [0.05, 0.1) is 18.7 Å². The molecule has 19 heavy (non-hydrogen) atoms. The molecule has 2 N–H and O–H groups in total. The molecule has 2 atom stereocenters. The van der Waals surface area contributed by atoms with Crippen LogP contribution in [0.2, 0.25) is 0 Å². The third kappa shape index (κ3) is 3.26. The minimum absolute atomic E-state index is 0.0504. The normalized spacial score (nSPS) is 27.8. The lowest BCUT2D eigenvalue weighted by molar-refractivity contribution is -0.131. The van der Waals surface area contributed by atoms with Crippen molar-refractivity contribution in [3.8, 4) is 18.4 Å². The van der Waals surface area contributed by atoms with Gasteiger partial charge in [0, 0.05) is 6.04 Å². The highest BCUT2D eigenvalue weighted by atomic mass is 16.2. The highest BCUT2D eigenvalue weighted by molar-refractivity contribution is 5.80. The van der Waals surface area contributed by atoms with Gasteiger partial charge in [-0.05, 0) is 38.8 Å². The Kier molecular flexibility index (Phi) is 4.79. The maximum Gasteiger partial charge on any atom is 0.238 e. The molecule has 0 radical (unpaired) electrons. The average molecular weight is 260 g/mol. The zero-order chi connectivity index (χ0) is 13.7. The number of nitrogens with zero attached hydrogens (tertiary/aromatic N) is 2. The van der Waals surface area contributed by atoms with Crippen molar-refractivity contribution >= 4 is 5.91 Å². The zero-order valence-corrected chi connectivity index (χ0v) is 11.1. The van der Waals surface area contributed by atoms with E-state index in [2.05, 4.69) is 22.6 Å². The summed E-state index contributed by atoms with van der Waals surface area (Å²) in [7, 11) is 0. The number of piperidine rings is 1. The van der Waals surface area contributed by atoms with Gasteiger partial charge in [-0.15, -0.1) is 6.42 Å². The summed E-state index contributed by atoms with van der Waals surface area (Å²) in [6.45, 7) is 2.26. The molecule has 2 saturated heterocycles. The van der Waals surface area contributed by atoms with Crippen LogP contribution in [-0.2, 0) is 4.79 Å². The Morgan fingerprint density at radius 2 is 2.00 bits per heavy atom. The second kappa shape index (κ2) is 6.56. The second-order valence-corrected chi connectivity index (χ2v) is 5.11. The second-order valence-electron chi connectivity index (χ2n) is 5.11. The van der Waals surface area contributed by atoms with Gasteiger partial charge in [-0.25, -0.2) is 0 Å². The third-order valence-corrected chi connectivity index (χ3v) is 3.90. The van der Waals surface area contributed by atoms with Crippen molar-refractivity contribution in [2.24, 2.45) is 0 Å². The van der Waals surface area contributed by atoms with Crippen molar-refractivity contribution in [3.05, 3.63) is 0 Å². The van der Waals surface area contributed by atoms with E-state index < -0.39 is 0 Å². The lowest BCUT2D eigenvalue weighted by Gasteiger charge is -2.27. The van der Waals surface area contributed by atoms with Crippen LogP contribution in [0.1, 0.15) is 25.7 Å². The number of terminal acetylenes is 1. The first-order chi connectivity index (χ1) is 9.26. The first-order valence-electron chi connectivity index (χ1n) is 6.87. The number of rotatable bonds is 3. The number of nitriles is 1. The molecule has 0 bridgehead atoms. The number of likely N-dealkylation sites (tertiary alicyclic amines) is 1. The molecule has 2 aliphatic rings. The number of carbonyl (C=O) groups excluding carboxylic acids is 1. The Labute approximate surface area is 114 Å². The molecule has 5 heteroatoms. The predicted molar refractivity (Wildman–Crippen MR) is 72.0 cm³/mol.